The fourth-order valence-electron chi connectivity index (χ4n) is 3.01. The highest BCUT2D eigenvalue weighted by Gasteiger charge is 2.13. The maximum absolute atomic E-state index is 13.4. The van der Waals surface area contributed by atoms with Crippen molar-refractivity contribution in [2.24, 2.45) is 0 Å². The predicted octanol–water partition coefficient (Wildman–Crippen LogP) is 5.03. The molecule has 154 valence electrons. The Morgan fingerprint density at radius 1 is 1.17 bits per heavy atom. The van der Waals surface area contributed by atoms with Crippen LogP contribution in [-0.4, -0.2) is 33.2 Å². The van der Waals surface area contributed by atoms with Crippen molar-refractivity contribution in [1.82, 2.24) is 19.5 Å². The van der Waals surface area contributed by atoms with Crippen LogP contribution in [0.4, 0.5) is 10.1 Å². The molecule has 0 fully saturated rings. The van der Waals surface area contributed by atoms with Crippen molar-refractivity contribution < 1.29 is 13.9 Å². The molecule has 0 saturated heterocycles. The highest BCUT2D eigenvalue weighted by Crippen LogP contribution is 2.36. The van der Waals surface area contributed by atoms with Gasteiger partial charge in [0.2, 0.25) is 5.88 Å². The lowest BCUT2D eigenvalue weighted by Gasteiger charge is -2.14. The summed E-state index contributed by atoms with van der Waals surface area (Å²) in [4.78, 5) is 12.6. The molecule has 0 radical (unpaired) electrons. The van der Waals surface area contributed by atoms with E-state index in [4.69, 9.17) is 9.47 Å². The number of nitrogens with one attached hydrogen (secondary N) is 1. The molecule has 0 aliphatic carbocycles. The summed E-state index contributed by atoms with van der Waals surface area (Å²) in [5, 5.41) is 4.08. The van der Waals surface area contributed by atoms with E-state index >= 15 is 0 Å². The average Bonchev–Trinajstić information content (AvgIpc) is 3.26. The number of hydrogen-bond acceptors (Lipinski definition) is 6. The molecule has 1 N–H and O–H groups in total. The van der Waals surface area contributed by atoms with Crippen molar-refractivity contribution in [3.05, 3.63) is 65.7 Å². The fraction of sp³-hybridized carbons (Fsp3) is 0.190. The van der Waals surface area contributed by atoms with Gasteiger partial charge < -0.3 is 19.4 Å². The van der Waals surface area contributed by atoms with E-state index in [-0.39, 0.29) is 5.82 Å². The van der Waals surface area contributed by atoms with Crippen molar-refractivity contribution in [1.29, 1.82) is 0 Å². The molecule has 7 nitrogen and oxygen atoms in total. The first kappa shape index (κ1) is 20.1. The first-order valence-electron chi connectivity index (χ1n) is 9.29. The minimum Gasteiger partial charge on any atom is -0.495 e. The summed E-state index contributed by atoms with van der Waals surface area (Å²) < 4.78 is 27.3. The Hall–Kier alpha value is -3.20. The van der Waals surface area contributed by atoms with E-state index in [1.807, 2.05) is 22.9 Å². The number of methoxy groups -OCH3 is 1. The van der Waals surface area contributed by atoms with Gasteiger partial charge in [0.15, 0.2) is 0 Å². The summed E-state index contributed by atoms with van der Waals surface area (Å²) in [7, 11) is 1.61. The van der Waals surface area contributed by atoms with Gasteiger partial charge in [-0.05, 0) is 52.7 Å². The molecular formula is C21H19BrFN5O2. The number of fused-ring (bicyclic) bond motifs is 1. The normalized spacial score (nSPS) is 10.9. The van der Waals surface area contributed by atoms with Crippen LogP contribution in [0.3, 0.4) is 0 Å². The zero-order chi connectivity index (χ0) is 20.9. The maximum Gasteiger partial charge on any atom is 0.230 e. The summed E-state index contributed by atoms with van der Waals surface area (Å²) in [6.45, 7) is 1.63. The van der Waals surface area contributed by atoms with Crippen molar-refractivity contribution in [3.63, 3.8) is 0 Å². The highest BCUT2D eigenvalue weighted by molar-refractivity contribution is 9.10. The Morgan fingerprint density at radius 2 is 2.07 bits per heavy atom. The molecule has 4 rings (SSSR count). The van der Waals surface area contributed by atoms with E-state index < -0.39 is 0 Å². The van der Waals surface area contributed by atoms with Gasteiger partial charge in [-0.1, -0.05) is 0 Å². The molecule has 4 aromatic rings. The second-order valence-electron chi connectivity index (χ2n) is 6.51. The summed E-state index contributed by atoms with van der Waals surface area (Å²) >= 11 is 3.31. The van der Waals surface area contributed by atoms with Crippen LogP contribution in [0.15, 0.2) is 59.9 Å². The summed E-state index contributed by atoms with van der Waals surface area (Å²) in [6.07, 6.45) is 7.87. The number of rotatable bonds is 8. The minimum atomic E-state index is -0.354. The fourth-order valence-corrected chi connectivity index (χ4v) is 3.45. The third-order valence-electron chi connectivity index (χ3n) is 4.49. The van der Waals surface area contributed by atoms with Gasteiger partial charge in [0.1, 0.15) is 23.6 Å². The molecule has 0 amide bonds. The summed E-state index contributed by atoms with van der Waals surface area (Å²) in [5.74, 6) is 1.12. The van der Waals surface area contributed by atoms with E-state index in [2.05, 4.69) is 36.2 Å². The lowest BCUT2D eigenvalue weighted by Crippen LogP contribution is -2.07. The molecule has 2 heterocycles. The molecule has 0 bridgehead atoms. The van der Waals surface area contributed by atoms with Crippen LogP contribution in [0, 0.1) is 5.82 Å². The van der Waals surface area contributed by atoms with Gasteiger partial charge in [-0.2, -0.15) is 0 Å². The van der Waals surface area contributed by atoms with Crippen LogP contribution in [0.25, 0.3) is 10.9 Å². The minimum absolute atomic E-state index is 0.354. The van der Waals surface area contributed by atoms with E-state index in [1.165, 1.54) is 18.5 Å². The van der Waals surface area contributed by atoms with E-state index in [1.54, 1.807) is 25.7 Å². The number of aromatic nitrogens is 4. The Kier molecular flexibility index (Phi) is 6.08. The Labute approximate surface area is 181 Å². The van der Waals surface area contributed by atoms with Crippen LogP contribution in [0.2, 0.25) is 0 Å². The lowest BCUT2D eigenvalue weighted by molar-refractivity contribution is 0.416. The second-order valence-corrected chi connectivity index (χ2v) is 7.36. The van der Waals surface area contributed by atoms with Crippen molar-refractivity contribution >= 4 is 32.5 Å². The number of ether oxygens (including phenoxy) is 2. The van der Waals surface area contributed by atoms with Gasteiger partial charge in [0.05, 0.1) is 34.5 Å². The van der Waals surface area contributed by atoms with Gasteiger partial charge in [0.25, 0.3) is 0 Å². The molecule has 0 aliphatic rings. The average molecular weight is 472 g/mol. The number of nitrogens with zero attached hydrogens (tertiary/aromatic N) is 4. The zero-order valence-corrected chi connectivity index (χ0v) is 17.8. The van der Waals surface area contributed by atoms with Crippen molar-refractivity contribution in [3.8, 4) is 17.4 Å². The molecule has 2 aromatic heterocycles. The molecule has 0 atom stereocenters. The number of anilines is 1. The molecule has 0 spiro atoms. The zero-order valence-electron chi connectivity index (χ0n) is 16.2. The van der Waals surface area contributed by atoms with Crippen LogP contribution < -0.4 is 14.8 Å². The van der Waals surface area contributed by atoms with Crippen molar-refractivity contribution in [2.45, 2.75) is 13.0 Å². The standard InChI is InChI=1S/C21H19BrFN5O2/c1-29-20-10-15-17(11-18(20)25-5-2-7-28-8-6-24-13-28)26-12-27-21(15)30-19-4-3-14(23)9-16(19)22/h3-4,6,8-13,25H,2,5,7H2,1H3. The Balaban J connectivity index is 1.55. The molecule has 9 heteroatoms. The monoisotopic (exact) mass is 471 g/mol. The Bertz CT molecular complexity index is 1150. The number of benzene rings is 2. The number of aryl methyl sites for hydroxylation is 1. The smallest absolute Gasteiger partial charge is 0.230 e. The van der Waals surface area contributed by atoms with E-state index in [0.717, 1.165) is 25.2 Å². The van der Waals surface area contributed by atoms with Crippen molar-refractivity contribution in [2.75, 3.05) is 19.0 Å². The molecule has 0 unspecified atom stereocenters. The first-order valence-corrected chi connectivity index (χ1v) is 10.1. The summed E-state index contributed by atoms with van der Waals surface area (Å²) in [5.41, 5.74) is 1.54. The van der Waals surface area contributed by atoms with Gasteiger partial charge in [-0.15, -0.1) is 0 Å². The third kappa shape index (κ3) is 4.51. The molecule has 0 aliphatic heterocycles. The quantitative estimate of drug-likeness (QED) is 0.363. The Morgan fingerprint density at radius 3 is 2.83 bits per heavy atom. The van der Waals surface area contributed by atoms with E-state index in [9.17, 15) is 4.39 Å². The van der Waals surface area contributed by atoms with E-state index in [0.29, 0.717) is 32.8 Å². The SMILES string of the molecule is COc1cc2c(Oc3ccc(F)cc3Br)ncnc2cc1NCCCn1ccnc1. The van der Waals surface area contributed by atoms with Crippen LogP contribution in [0.1, 0.15) is 6.42 Å². The van der Waals surface area contributed by atoms with Gasteiger partial charge in [-0.3, -0.25) is 0 Å². The molecule has 2 aromatic carbocycles. The van der Waals surface area contributed by atoms with Gasteiger partial charge in [0, 0.05) is 25.5 Å². The second kappa shape index (κ2) is 9.08. The first-order chi connectivity index (χ1) is 14.6. The number of imidazole rings is 1. The molecule has 30 heavy (non-hydrogen) atoms. The predicted molar refractivity (Wildman–Crippen MR) is 116 cm³/mol. The topological polar surface area (TPSA) is 74.1 Å². The highest BCUT2D eigenvalue weighted by atomic mass is 79.9. The largest absolute Gasteiger partial charge is 0.495 e. The van der Waals surface area contributed by atoms with Gasteiger partial charge >= 0.3 is 0 Å². The lowest BCUT2D eigenvalue weighted by atomic mass is 10.2. The van der Waals surface area contributed by atoms with Crippen LogP contribution in [-0.2, 0) is 6.54 Å². The number of hydrogen-bond donors (Lipinski definition) is 1. The van der Waals surface area contributed by atoms with Crippen LogP contribution in [0.5, 0.6) is 17.4 Å². The van der Waals surface area contributed by atoms with Gasteiger partial charge in [-0.25, -0.2) is 19.3 Å². The summed E-state index contributed by atoms with van der Waals surface area (Å²) in [6, 6.07) is 7.95. The number of halogens is 2. The van der Waals surface area contributed by atoms with Crippen LogP contribution >= 0.6 is 15.9 Å². The molecular weight excluding hydrogens is 453 g/mol. The molecule has 0 saturated carbocycles. The maximum atomic E-state index is 13.4. The third-order valence-corrected chi connectivity index (χ3v) is 5.11.